The summed E-state index contributed by atoms with van der Waals surface area (Å²) in [6, 6.07) is 0. The van der Waals surface area contributed by atoms with Crippen molar-refractivity contribution >= 4 is 29.2 Å². The smallest absolute Gasteiger partial charge is 0.335 e. The van der Waals surface area contributed by atoms with Crippen molar-refractivity contribution < 1.29 is 9.90 Å². The second kappa shape index (κ2) is 3.60. The van der Waals surface area contributed by atoms with Gasteiger partial charge in [0.05, 0.1) is 5.57 Å². The Hall–Kier alpha value is -0.670. The Morgan fingerprint density at radius 1 is 1.77 bits per heavy atom. The molecule has 0 aromatic rings. The average Bonchev–Trinajstić information content (AvgIpc) is 2.03. The number of nitrogens with one attached hydrogen (secondary N) is 1. The Bertz CT molecular complexity index is 299. The first-order valence-corrected chi connectivity index (χ1v) is 4.53. The summed E-state index contributed by atoms with van der Waals surface area (Å²) in [4.78, 5) is 9.77. The van der Waals surface area contributed by atoms with Gasteiger partial charge in [-0.2, -0.15) is 0 Å². The molecule has 2 N–H and O–H groups in total. The molecular formula is C8H9Cl2NO2. The summed E-state index contributed by atoms with van der Waals surface area (Å²) in [5, 5.41) is 11.8. The minimum atomic E-state index is -1.03. The fourth-order valence-electron chi connectivity index (χ4n) is 1.01. The highest BCUT2D eigenvalue weighted by molar-refractivity contribution is 6.32. The Morgan fingerprint density at radius 2 is 2.38 bits per heavy atom. The van der Waals surface area contributed by atoms with E-state index in [2.05, 4.69) is 5.32 Å². The summed E-state index contributed by atoms with van der Waals surface area (Å²) in [5.74, 6) is -1.03. The lowest BCUT2D eigenvalue weighted by Gasteiger charge is -2.27. The topological polar surface area (TPSA) is 49.3 Å². The van der Waals surface area contributed by atoms with Crippen LogP contribution in [-0.4, -0.2) is 16.1 Å². The number of dihydropyridines is 1. The third-order valence-corrected chi connectivity index (χ3v) is 2.43. The molecule has 0 aliphatic carbocycles. The molecule has 1 heterocycles. The van der Waals surface area contributed by atoms with Crippen molar-refractivity contribution in [1.29, 1.82) is 0 Å². The van der Waals surface area contributed by atoms with Gasteiger partial charge in [-0.1, -0.05) is 30.1 Å². The fourth-order valence-corrected chi connectivity index (χ4v) is 1.56. The predicted molar refractivity (Wildman–Crippen MR) is 51.7 cm³/mol. The number of halogens is 2. The van der Waals surface area contributed by atoms with Crippen molar-refractivity contribution in [3.8, 4) is 0 Å². The van der Waals surface area contributed by atoms with Gasteiger partial charge in [0.25, 0.3) is 0 Å². The van der Waals surface area contributed by atoms with E-state index in [9.17, 15) is 4.79 Å². The molecule has 1 aliphatic rings. The van der Waals surface area contributed by atoms with E-state index in [-0.39, 0.29) is 10.7 Å². The predicted octanol–water partition coefficient (Wildman–Crippen LogP) is 2.03. The summed E-state index contributed by atoms with van der Waals surface area (Å²) in [5.41, 5.74) is 0.112. The number of carbonyl (C=O) groups is 1. The Labute approximate surface area is 86.0 Å². The molecule has 0 amide bonds. The lowest BCUT2D eigenvalue weighted by molar-refractivity contribution is -0.132. The summed E-state index contributed by atoms with van der Waals surface area (Å²) >= 11 is 11.7. The van der Waals surface area contributed by atoms with Crippen molar-refractivity contribution in [2.24, 2.45) is 0 Å². The van der Waals surface area contributed by atoms with Crippen molar-refractivity contribution in [3.05, 3.63) is 22.9 Å². The largest absolute Gasteiger partial charge is 0.478 e. The molecule has 0 aromatic heterocycles. The Morgan fingerprint density at radius 3 is 2.85 bits per heavy atom. The number of hydrogen-bond acceptors (Lipinski definition) is 2. The van der Waals surface area contributed by atoms with Crippen LogP contribution in [0.25, 0.3) is 0 Å². The van der Waals surface area contributed by atoms with Gasteiger partial charge in [0.2, 0.25) is 0 Å². The minimum Gasteiger partial charge on any atom is -0.478 e. The van der Waals surface area contributed by atoms with Gasteiger partial charge in [0.1, 0.15) is 10.2 Å². The molecule has 13 heavy (non-hydrogen) atoms. The van der Waals surface area contributed by atoms with Crippen LogP contribution in [0.2, 0.25) is 0 Å². The maximum Gasteiger partial charge on any atom is 0.335 e. The molecule has 1 unspecified atom stereocenters. The molecule has 0 fully saturated rings. The quantitative estimate of drug-likeness (QED) is 0.555. The fraction of sp³-hybridized carbons (Fsp3) is 0.375. The second-order valence-electron chi connectivity index (χ2n) is 2.74. The van der Waals surface area contributed by atoms with Crippen molar-refractivity contribution in [2.75, 3.05) is 0 Å². The summed E-state index contributed by atoms with van der Waals surface area (Å²) in [7, 11) is 0. The van der Waals surface area contributed by atoms with Crippen molar-refractivity contribution in [3.63, 3.8) is 0 Å². The van der Waals surface area contributed by atoms with Gasteiger partial charge >= 0.3 is 5.97 Å². The summed E-state index contributed by atoms with van der Waals surface area (Å²) < 4.78 is 0. The first-order valence-electron chi connectivity index (χ1n) is 3.77. The molecule has 0 radical (unpaired) electrons. The molecule has 0 bridgehead atoms. The lowest BCUT2D eigenvalue weighted by Crippen LogP contribution is -2.38. The van der Waals surface area contributed by atoms with Crippen molar-refractivity contribution in [1.82, 2.24) is 5.32 Å². The lowest BCUT2D eigenvalue weighted by atomic mass is 10.1. The third kappa shape index (κ3) is 2.39. The Kier molecular flexibility index (Phi) is 2.88. The maximum atomic E-state index is 10.6. The molecule has 0 spiro atoms. The summed E-state index contributed by atoms with van der Waals surface area (Å²) in [6.45, 7) is 1.84. The van der Waals surface area contributed by atoms with Gasteiger partial charge in [-0.05, 0) is 18.6 Å². The van der Waals surface area contributed by atoms with E-state index >= 15 is 0 Å². The number of alkyl halides is 1. The molecule has 72 valence electrons. The van der Waals surface area contributed by atoms with Gasteiger partial charge in [0, 0.05) is 0 Å². The third-order valence-electron chi connectivity index (χ3n) is 1.76. The number of carboxylic acids is 1. The highest BCUT2D eigenvalue weighted by Crippen LogP contribution is 2.27. The van der Waals surface area contributed by atoms with Crippen LogP contribution in [0.15, 0.2) is 22.9 Å². The molecule has 0 aromatic carbocycles. The van der Waals surface area contributed by atoms with Gasteiger partial charge < -0.3 is 10.4 Å². The van der Waals surface area contributed by atoms with Gasteiger partial charge in [0.15, 0.2) is 0 Å². The maximum absolute atomic E-state index is 10.6. The minimum absolute atomic E-state index is 0.112. The molecule has 1 rings (SSSR count). The van der Waals surface area contributed by atoms with E-state index in [4.69, 9.17) is 28.3 Å². The van der Waals surface area contributed by atoms with Crippen LogP contribution < -0.4 is 5.32 Å². The number of rotatable bonds is 2. The van der Waals surface area contributed by atoms with E-state index < -0.39 is 11.0 Å². The van der Waals surface area contributed by atoms with Gasteiger partial charge in [-0.15, -0.1) is 0 Å². The number of carboxylic acid groups (broad SMARTS) is 1. The molecule has 1 aliphatic heterocycles. The van der Waals surface area contributed by atoms with Gasteiger partial charge in [-0.3, -0.25) is 0 Å². The van der Waals surface area contributed by atoms with Crippen LogP contribution in [-0.2, 0) is 4.79 Å². The van der Waals surface area contributed by atoms with E-state index in [1.807, 2.05) is 6.92 Å². The molecule has 1 atom stereocenters. The van der Waals surface area contributed by atoms with Crippen LogP contribution in [0.1, 0.15) is 13.3 Å². The zero-order chi connectivity index (χ0) is 10.1. The standard InChI is InChI=1S/C8H9Cl2NO2/c1-2-8(10)4-5(7(12)13)3-6(9)11-8/h3-4,11H,2H2,1H3,(H,12,13). The van der Waals surface area contributed by atoms with Crippen LogP contribution in [0, 0.1) is 0 Å². The Balaban J connectivity index is 3.01. The zero-order valence-electron chi connectivity index (χ0n) is 6.97. The monoisotopic (exact) mass is 221 g/mol. The van der Waals surface area contributed by atoms with Crippen molar-refractivity contribution in [2.45, 2.75) is 18.3 Å². The molecular weight excluding hydrogens is 213 g/mol. The highest BCUT2D eigenvalue weighted by Gasteiger charge is 2.28. The SMILES string of the molecule is CCC1(Cl)C=C(C(=O)O)C=C(Cl)N1. The normalized spacial score (nSPS) is 27.3. The average molecular weight is 222 g/mol. The zero-order valence-corrected chi connectivity index (χ0v) is 8.49. The van der Waals surface area contributed by atoms with E-state index in [0.717, 1.165) is 0 Å². The molecule has 3 nitrogen and oxygen atoms in total. The van der Waals surface area contributed by atoms with Gasteiger partial charge in [-0.25, -0.2) is 4.79 Å². The second-order valence-corrected chi connectivity index (χ2v) is 3.82. The number of hydrogen-bond donors (Lipinski definition) is 2. The van der Waals surface area contributed by atoms with E-state index in [0.29, 0.717) is 6.42 Å². The van der Waals surface area contributed by atoms with Crippen LogP contribution >= 0.6 is 23.2 Å². The molecule has 5 heteroatoms. The first-order chi connectivity index (χ1) is 5.97. The highest BCUT2D eigenvalue weighted by atomic mass is 35.5. The van der Waals surface area contributed by atoms with Crippen LogP contribution in [0.4, 0.5) is 0 Å². The molecule has 0 saturated carbocycles. The van der Waals surface area contributed by atoms with E-state index in [1.54, 1.807) is 0 Å². The first kappa shape index (κ1) is 10.4. The molecule has 0 saturated heterocycles. The van der Waals surface area contributed by atoms with E-state index in [1.165, 1.54) is 12.2 Å². The van der Waals surface area contributed by atoms with Crippen LogP contribution in [0.5, 0.6) is 0 Å². The summed E-state index contributed by atoms with van der Waals surface area (Å²) in [6.07, 6.45) is 3.33. The number of aliphatic carboxylic acids is 1. The van der Waals surface area contributed by atoms with Crippen LogP contribution in [0.3, 0.4) is 0 Å².